The molecule has 1 aromatic rings. The van der Waals surface area contributed by atoms with Crippen molar-refractivity contribution in [2.45, 2.75) is 36.0 Å². The minimum absolute atomic E-state index is 0.159. The number of thioether (sulfide) groups is 1. The molecule has 1 aromatic carbocycles. The first-order chi connectivity index (χ1) is 8.61. The molecule has 0 saturated heterocycles. The number of nitro benzene ring substituents is 1. The fourth-order valence-corrected chi connectivity index (χ4v) is 3.82. The summed E-state index contributed by atoms with van der Waals surface area (Å²) in [6, 6.07) is 7.46. The molecule has 18 heavy (non-hydrogen) atoms. The smallest absolute Gasteiger partial charge is 0.269 e. The predicted molar refractivity (Wildman–Crippen MR) is 74.0 cm³/mol. The third-order valence-electron chi connectivity index (χ3n) is 3.69. The maximum atomic E-state index is 10.6. The molecule has 0 spiro atoms. The number of non-ortho nitro benzene ring substituents is 1. The van der Waals surface area contributed by atoms with Gasteiger partial charge in [-0.2, -0.15) is 0 Å². The van der Waals surface area contributed by atoms with Crippen LogP contribution in [0.25, 0.3) is 0 Å². The average Bonchev–Trinajstić information content (AvgIpc) is 2.71. The summed E-state index contributed by atoms with van der Waals surface area (Å²) >= 11 is 1.84. The number of benzene rings is 1. The maximum Gasteiger partial charge on any atom is 0.269 e. The molecule has 3 unspecified atom stereocenters. The SMILES string of the molecule is CNC1CCC(Sc2ccc([N+](=O)[O-])cc2)C1C. The molecule has 1 aliphatic carbocycles. The highest BCUT2D eigenvalue weighted by Crippen LogP contribution is 2.39. The van der Waals surface area contributed by atoms with Gasteiger partial charge in [-0.1, -0.05) is 6.92 Å². The van der Waals surface area contributed by atoms with Gasteiger partial charge in [0.1, 0.15) is 0 Å². The van der Waals surface area contributed by atoms with E-state index in [4.69, 9.17) is 0 Å². The maximum absolute atomic E-state index is 10.6. The molecule has 1 N–H and O–H groups in total. The first-order valence-corrected chi connectivity index (χ1v) is 7.08. The van der Waals surface area contributed by atoms with Crippen LogP contribution in [0.15, 0.2) is 29.2 Å². The van der Waals surface area contributed by atoms with Crippen molar-refractivity contribution in [3.63, 3.8) is 0 Å². The van der Waals surface area contributed by atoms with Crippen LogP contribution in [0.5, 0.6) is 0 Å². The molecule has 2 rings (SSSR count). The number of nitrogens with one attached hydrogen (secondary N) is 1. The monoisotopic (exact) mass is 266 g/mol. The van der Waals surface area contributed by atoms with Gasteiger partial charge < -0.3 is 5.32 Å². The van der Waals surface area contributed by atoms with Crippen molar-refractivity contribution in [1.29, 1.82) is 0 Å². The van der Waals surface area contributed by atoms with Crippen molar-refractivity contribution in [2.75, 3.05) is 7.05 Å². The zero-order valence-electron chi connectivity index (χ0n) is 10.6. The molecular formula is C13H18N2O2S. The summed E-state index contributed by atoms with van der Waals surface area (Å²) in [5.74, 6) is 0.634. The lowest BCUT2D eigenvalue weighted by Gasteiger charge is -2.19. The summed E-state index contributed by atoms with van der Waals surface area (Å²) in [5.41, 5.74) is 0.159. The van der Waals surface area contributed by atoms with Crippen molar-refractivity contribution in [1.82, 2.24) is 5.32 Å². The second-order valence-corrected chi connectivity index (χ2v) is 6.05. The van der Waals surface area contributed by atoms with Crippen molar-refractivity contribution < 1.29 is 4.92 Å². The molecule has 0 bridgehead atoms. The summed E-state index contributed by atoms with van der Waals surface area (Å²) in [6.07, 6.45) is 2.41. The highest BCUT2D eigenvalue weighted by atomic mass is 32.2. The van der Waals surface area contributed by atoms with E-state index in [9.17, 15) is 10.1 Å². The molecule has 0 aliphatic heterocycles. The van der Waals surface area contributed by atoms with Gasteiger partial charge in [0.15, 0.2) is 0 Å². The Kier molecular flexibility index (Phi) is 4.24. The van der Waals surface area contributed by atoms with Gasteiger partial charge in [-0.3, -0.25) is 10.1 Å². The van der Waals surface area contributed by atoms with Gasteiger partial charge in [0.05, 0.1) is 4.92 Å². The number of rotatable bonds is 4. The molecule has 98 valence electrons. The molecule has 0 aromatic heterocycles. The second kappa shape index (κ2) is 5.71. The average molecular weight is 266 g/mol. The predicted octanol–water partition coefficient (Wildman–Crippen LogP) is 3.07. The topological polar surface area (TPSA) is 55.2 Å². The first kappa shape index (κ1) is 13.4. The van der Waals surface area contributed by atoms with Crippen molar-refractivity contribution >= 4 is 17.4 Å². The Balaban J connectivity index is 2.00. The highest BCUT2D eigenvalue weighted by Gasteiger charge is 2.32. The molecular weight excluding hydrogens is 248 g/mol. The van der Waals surface area contributed by atoms with Gasteiger partial charge in [-0.05, 0) is 37.9 Å². The largest absolute Gasteiger partial charge is 0.317 e. The first-order valence-electron chi connectivity index (χ1n) is 6.20. The molecule has 5 heteroatoms. The summed E-state index contributed by atoms with van der Waals surface area (Å²) in [5, 5.41) is 14.5. The standard InChI is InChI=1S/C13H18N2O2S/c1-9-12(14-2)7-8-13(9)18-11-5-3-10(4-6-11)15(16)17/h3-6,9,12-14H,7-8H2,1-2H3. The lowest BCUT2D eigenvalue weighted by molar-refractivity contribution is -0.384. The van der Waals surface area contributed by atoms with E-state index in [1.807, 2.05) is 30.9 Å². The lowest BCUT2D eigenvalue weighted by Crippen LogP contribution is -2.29. The highest BCUT2D eigenvalue weighted by molar-refractivity contribution is 8.00. The minimum Gasteiger partial charge on any atom is -0.317 e. The number of hydrogen-bond acceptors (Lipinski definition) is 4. The van der Waals surface area contributed by atoms with Gasteiger partial charge >= 0.3 is 0 Å². The van der Waals surface area contributed by atoms with E-state index in [1.54, 1.807) is 12.1 Å². The zero-order valence-corrected chi connectivity index (χ0v) is 11.4. The third-order valence-corrected chi connectivity index (χ3v) is 5.20. The third kappa shape index (κ3) is 2.84. The second-order valence-electron chi connectivity index (χ2n) is 4.74. The van der Waals surface area contributed by atoms with Gasteiger partial charge in [0, 0.05) is 28.3 Å². The Hall–Kier alpha value is -1.07. The van der Waals surface area contributed by atoms with Gasteiger partial charge in [0.25, 0.3) is 5.69 Å². The Labute approximate surface area is 111 Å². The fraction of sp³-hybridized carbons (Fsp3) is 0.538. The van der Waals surface area contributed by atoms with E-state index in [2.05, 4.69) is 12.2 Å². The summed E-state index contributed by atoms with van der Waals surface area (Å²) in [7, 11) is 2.01. The van der Waals surface area contributed by atoms with Gasteiger partial charge in [0.2, 0.25) is 0 Å². The Morgan fingerprint density at radius 3 is 2.50 bits per heavy atom. The van der Waals surface area contributed by atoms with Crippen LogP contribution in [0, 0.1) is 16.0 Å². The summed E-state index contributed by atoms with van der Waals surface area (Å²) in [4.78, 5) is 11.3. The van der Waals surface area contributed by atoms with Crippen LogP contribution in [0.3, 0.4) is 0 Å². The van der Waals surface area contributed by atoms with Crippen LogP contribution in [0.2, 0.25) is 0 Å². The molecule has 1 fully saturated rings. The normalized spacial score (nSPS) is 27.3. The van der Waals surface area contributed by atoms with E-state index in [-0.39, 0.29) is 10.6 Å². The van der Waals surface area contributed by atoms with Crippen LogP contribution in [-0.2, 0) is 0 Å². The quantitative estimate of drug-likeness (QED) is 0.672. The van der Waals surface area contributed by atoms with E-state index < -0.39 is 0 Å². The summed E-state index contributed by atoms with van der Waals surface area (Å²) in [6.45, 7) is 2.28. The molecule has 1 saturated carbocycles. The van der Waals surface area contributed by atoms with Crippen molar-refractivity contribution in [2.24, 2.45) is 5.92 Å². The van der Waals surface area contributed by atoms with E-state index in [0.29, 0.717) is 17.2 Å². The van der Waals surface area contributed by atoms with Crippen LogP contribution in [0.4, 0.5) is 5.69 Å². The molecule has 0 amide bonds. The minimum atomic E-state index is -0.357. The Morgan fingerprint density at radius 2 is 2.00 bits per heavy atom. The van der Waals surface area contributed by atoms with Crippen LogP contribution >= 0.6 is 11.8 Å². The molecule has 0 heterocycles. The number of hydrogen-bond donors (Lipinski definition) is 1. The van der Waals surface area contributed by atoms with Crippen molar-refractivity contribution in [3.05, 3.63) is 34.4 Å². The lowest BCUT2D eigenvalue weighted by atomic mass is 10.1. The Bertz CT molecular complexity index is 422. The van der Waals surface area contributed by atoms with E-state index >= 15 is 0 Å². The number of nitro groups is 1. The van der Waals surface area contributed by atoms with Crippen LogP contribution < -0.4 is 5.32 Å². The van der Waals surface area contributed by atoms with Gasteiger partial charge in [-0.25, -0.2) is 0 Å². The molecule has 4 nitrogen and oxygen atoms in total. The fourth-order valence-electron chi connectivity index (χ4n) is 2.52. The molecule has 0 radical (unpaired) electrons. The van der Waals surface area contributed by atoms with E-state index in [0.717, 1.165) is 4.90 Å². The molecule has 1 aliphatic rings. The van der Waals surface area contributed by atoms with Crippen LogP contribution in [-0.4, -0.2) is 23.3 Å². The van der Waals surface area contributed by atoms with E-state index in [1.165, 1.54) is 12.8 Å². The van der Waals surface area contributed by atoms with Gasteiger partial charge in [-0.15, -0.1) is 11.8 Å². The zero-order chi connectivity index (χ0) is 13.1. The number of nitrogens with zero attached hydrogens (tertiary/aromatic N) is 1. The van der Waals surface area contributed by atoms with Crippen molar-refractivity contribution in [3.8, 4) is 0 Å². The summed E-state index contributed by atoms with van der Waals surface area (Å²) < 4.78 is 0. The van der Waals surface area contributed by atoms with Crippen LogP contribution in [0.1, 0.15) is 19.8 Å². The molecule has 3 atom stereocenters. The Morgan fingerprint density at radius 1 is 1.33 bits per heavy atom.